The first kappa shape index (κ1) is 16.5. The Labute approximate surface area is 123 Å². The van der Waals surface area contributed by atoms with Crippen LogP contribution in [0, 0.1) is 4.91 Å². The number of rotatable bonds is 5. The molecule has 0 bridgehead atoms. The van der Waals surface area contributed by atoms with Crippen LogP contribution in [0.3, 0.4) is 0 Å². The summed E-state index contributed by atoms with van der Waals surface area (Å²) < 4.78 is 0. The van der Waals surface area contributed by atoms with Crippen molar-refractivity contribution in [2.45, 2.75) is 24.9 Å². The molecule has 0 radical (unpaired) electrons. The first-order valence-corrected chi connectivity index (χ1v) is 6.54. The van der Waals surface area contributed by atoms with Gasteiger partial charge in [-0.15, -0.1) is 4.91 Å². The third-order valence-corrected chi connectivity index (χ3v) is 3.19. The van der Waals surface area contributed by atoms with Gasteiger partial charge in [-0.25, -0.2) is 0 Å². The largest absolute Gasteiger partial charge is 0.403 e. The van der Waals surface area contributed by atoms with E-state index < -0.39 is 5.66 Å². The summed E-state index contributed by atoms with van der Waals surface area (Å²) in [5.41, 5.74) is 29.1. The first-order valence-electron chi connectivity index (χ1n) is 6.54. The van der Waals surface area contributed by atoms with Gasteiger partial charge in [-0.1, -0.05) is 12.2 Å². The number of nitrogens with zero attached hydrogens (tertiary/aromatic N) is 1. The van der Waals surface area contributed by atoms with Gasteiger partial charge in [0, 0.05) is 28.9 Å². The van der Waals surface area contributed by atoms with E-state index in [0.29, 0.717) is 35.5 Å². The number of hydrogen-bond donors (Lipinski definition) is 5. The van der Waals surface area contributed by atoms with Crippen LogP contribution >= 0.6 is 0 Å². The van der Waals surface area contributed by atoms with Gasteiger partial charge in [0.25, 0.3) is 0 Å². The van der Waals surface area contributed by atoms with Gasteiger partial charge in [0.2, 0.25) is 0 Å². The predicted octanol–water partition coefficient (Wildman–Crippen LogP) is 0.518. The molecular weight excluding hydrogens is 268 g/mol. The van der Waals surface area contributed by atoms with Crippen LogP contribution in [0.1, 0.15) is 19.3 Å². The maximum atomic E-state index is 11.0. The molecule has 0 amide bonds. The minimum absolute atomic E-state index is 0.424. The third kappa shape index (κ3) is 4.50. The lowest BCUT2D eigenvalue weighted by atomic mass is 9.86. The molecule has 7 nitrogen and oxygen atoms in total. The van der Waals surface area contributed by atoms with Crippen LogP contribution in [0.15, 0.2) is 64.4 Å². The lowest BCUT2D eigenvalue weighted by molar-refractivity contribution is 0.438. The Morgan fingerprint density at radius 3 is 2.57 bits per heavy atom. The summed E-state index contributed by atoms with van der Waals surface area (Å²) in [6, 6.07) is 0. The maximum Gasteiger partial charge on any atom is 0.177 e. The molecule has 0 aromatic rings. The summed E-state index contributed by atoms with van der Waals surface area (Å²) in [7, 11) is 0. The summed E-state index contributed by atoms with van der Waals surface area (Å²) >= 11 is 0. The summed E-state index contributed by atoms with van der Waals surface area (Å²) in [5, 5.41) is 3.01. The first-order chi connectivity index (χ1) is 9.92. The zero-order valence-corrected chi connectivity index (χ0v) is 11.8. The second-order valence-electron chi connectivity index (χ2n) is 4.83. The molecule has 1 unspecified atom stereocenters. The predicted molar refractivity (Wildman–Crippen MR) is 84.8 cm³/mol. The standard InChI is InChI=1S/C14H22N6O/c15-9-11(17)4-1-3-10(16)6-7-12-13(18)5-2-8-14(12,19)20-21/h1,3-4,6-7,9H,2,5,8,15-19H2/b4-1+,7-6+,10-3-,11-9-. The highest BCUT2D eigenvalue weighted by atomic mass is 16.3. The Kier molecular flexibility index (Phi) is 5.74. The van der Waals surface area contributed by atoms with Crippen molar-refractivity contribution in [3.63, 3.8) is 0 Å². The van der Waals surface area contributed by atoms with Crippen LogP contribution in [0.2, 0.25) is 0 Å². The van der Waals surface area contributed by atoms with Crippen LogP contribution < -0.4 is 28.7 Å². The molecule has 7 heteroatoms. The van der Waals surface area contributed by atoms with E-state index in [1.165, 1.54) is 6.20 Å². The number of nitroso groups, excluding NO2 is 1. The maximum absolute atomic E-state index is 11.0. The topological polar surface area (TPSA) is 160 Å². The second kappa shape index (κ2) is 7.30. The molecule has 1 aliphatic rings. The van der Waals surface area contributed by atoms with Crippen molar-refractivity contribution < 1.29 is 0 Å². The molecule has 10 N–H and O–H groups in total. The van der Waals surface area contributed by atoms with E-state index in [2.05, 4.69) is 5.18 Å². The van der Waals surface area contributed by atoms with E-state index in [1.54, 1.807) is 30.4 Å². The Hall–Kier alpha value is -2.54. The summed E-state index contributed by atoms with van der Waals surface area (Å²) in [6.45, 7) is 0. The van der Waals surface area contributed by atoms with Gasteiger partial charge < -0.3 is 28.7 Å². The Morgan fingerprint density at radius 1 is 1.24 bits per heavy atom. The van der Waals surface area contributed by atoms with Crippen LogP contribution in [0.4, 0.5) is 0 Å². The van der Waals surface area contributed by atoms with Crippen molar-refractivity contribution in [3.8, 4) is 0 Å². The van der Waals surface area contributed by atoms with Crippen molar-refractivity contribution in [1.29, 1.82) is 0 Å². The molecule has 1 atom stereocenters. The smallest absolute Gasteiger partial charge is 0.177 e. The summed E-state index contributed by atoms with van der Waals surface area (Å²) in [6.07, 6.45) is 11.3. The van der Waals surface area contributed by atoms with E-state index in [4.69, 9.17) is 28.7 Å². The molecule has 0 saturated heterocycles. The van der Waals surface area contributed by atoms with Crippen LogP contribution in [-0.4, -0.2) is 5.66 Å². The molecule has 0 saturated carbocycles. The molecule has 0 spiro atoms. The molecule has 1 aliphatic carbocycles. The number of nitrogens with two attached hydrogens (primary N) is 5. The lowest BCUT2D eigenvalue weighted by Crippen LogP contribution is -2.42. The van der Waals surface area contributed by atoms with E-state index in [0.717, 1.165) is 6.42 Å². The lowest BCUT2D eigenvalue weighted by Gasteiger charge is -2.28. The van der Waals surface area contributed by atoms with E-state index in [9.17, 15) is 4.91 Å². The minimum atomic E-state index is -1.28. The van der Waals surface area contributed by atoms with E-state index >= 15 is 0 Å². The fraction of sp³-hybridized carbons (Fsp3) is 0.286. The highest BCUT2D eigenvalue weighted by Crippen LogP contribution is 2.31. The van der Waals surface area contributed by atoms with Gasteiger partial charge in [0.1, 0.15) is 0 Å². The molecule has 21 heavy (non-hydrogen) atoms. The van der Waals surface area contributed by atoms with Gasteiger partial charge in [-0.3, -0.25) is 0 Å². The molecule has 0 aromatic heterocycles. The Morgan fingerprint density at radius 2 is 1.95 bits per heavy atom. The van der Waals surface area contributed by atoms with Crippen molar-refractivity contribution in [1.82, 2.24) is 0 Å². The van der Waals surface area contributed by atoms with Crippen molar-refractivity contribution >= 4 is 0 Å². The van der Waals surface area contributed by atoms with Gasteiger partial charge in [-0.05, 0) is 42.7 Å². The fourth-order valence-electron chi connectivity index (χ4n) is 2.00. The van der Waals surface area contributed by atoms with Gasteiger partial charge >= 0.3 is 0 Å². The zero-order valence-electron chi connectivity index (χ0n) is 11.8. The quantitative estimate of drug-likeness (QED) is 0.366. The molecule has 0 aromatic carbocycles. The van der Waals surface area contributed by atoms with Crippen molar-refractivity contribution in [3.05, 3.63) is 64.2 Å². The molecule has 0 fully saturated rings. The normalized spacial score (nSPS) is 25.0. The van der Waals surface area contributed by atoms with Crippen LogP contribution in [0.5, 0.6) is 0 Å². The summed E-state index contributed by atoms with van der Waals surface area (Å²) in [4.78, 5) is 11.0. The molecular formula is C14H22N6O. The molecule has 114 valence electrons. The zero-order chi connectivity index (χ0) is 15.9. The van der Waals surface area contributed by atoms with Gasteiger partial charge in [0.05, 0.1) is 0 Å². The molecule has 0 heterocycles. The molecule has 0 aliphatic heterocycles. The van der Waals surface area contributed by atoms with Gasteiger partial charge in [0.15, 0.2) is 5.66 Å². The van der Waals surface area contributed by atoms with Gasteiger partial charge in [-0.2, -0.15) is 0 Å². The average Bonchev–Trinajstić information content (AvgIpc) is 2.46. The van der Waals surface area contributed by atoms with E-state index in [1.807, 2.05) is 0 Å². The van der Waals surface area contributed by atoms with Crippen molar-refractivity contribution in [2.75, 3.05) is 0 Å². The fourth-order valence-corrected chi connectivity index (χ4v) is 2.00. The SMILES string of the molecule is N/C=C(N)/C=C/C=C(N)/C=C/C1=C(N)CCCC1(N)N=O. The van der Waals surface area contributed by atoms with Crippen LogP contribution in [-0.2, 0) is 0 Å². The molecule has 1 rings (SSSR count). The number of hydrogen-bond acceptors (Lipinski definition) is 7. The average molecular weight is 290 g/mol. The van der Waals surface area contributed by atoms with Crippen molar-refractivity contribution in [2.24, 2.45) is 33.8 Å². The highest BCUT2D eigenvalue weighted by molar-refractivity contribution is 5.39. The number of allylic oxidation sites excluding steroid dienone is 5. The van der Waals surface area contributed by atoms with E-state index in [-0.39, 0.29) is 0 Å². The Bertz CT molecular complexity index is 544. The summed E-state index contributed by atoms with van der Waals surface area (Å²) in [5.74, 6) is 0. The third-order valence-electron chi connectivity index (χ3n) is 3.19. The van der Waals surface area contributed by atoms with Crippen LogP contribution in [0.25, 0.3) is 0 Å². The monoisotopic (exact) mass is 290 g/mol. The second-order valence-corrected chi connectivity index (χ2v) is 4.83. The Balaban J connectivity index is 2.90. The highest BCUT2D eigenvalue weighted by Gasteiger charge is 2.34. The minimum Gasteiger partial charge on any atom is -0.403 e.